The summed E-state index contributed by atoms with van der Waals surface area (Å²) in [5, 5.41) is 0.351. The van der Waals surface area contributed by atoms with Crippen LogP contribution in [0.15, 0.2) is 9.59 Å². The van der Waals surface area contributed by atoms with Gasteiger partial charge in [-0.3, -0.25) is 19.1 Å². The van der Waals surface area contributed by atoms with E-state index in [0.717, 1.165) is 15.9 Å². The molecule has 3 rings (SSSR count). The van der Waals surface area contributed by atoms with E-state index in [9.17, 15) is 18.8 Å². The Hall–Kier alpha value is -1.76. The third-order valence-corrected chi connectivity index (χ3v) is 5.27. The Labute approximate surface area is 123 Å². The van der Waals surface area contributed by atoms with Gasteiger partial charge < -0.3 is 0 Å². The van der Waals surface area contributed by atoms with Crippen LogP contribution in [0.25, 0.3) is 10.2 Å². The lowest BCUT2D eigenvalue weighted by Gasteiger charge is -2.13. The third-order valence-electron chi connectivity index (χ3n) is 4.13. The van der Waals surface area contributed by atoms with Crippen molar-refractivity contribution in [1.82, 2.24) is 9.55 Å². The Bertz CT molecular complexity index is 856. The summed E-state index contributed by atoms with van der Waals surface area (Å²) < 4.78 is 15.1. The molecule has 21 heavy (non-hydrogen) atoms. The summed E-state index contributed by atoms with van der Waals surface area (Å²) in [6.45, 7) is 4.58. The molecule has 2 unspecified atom stereocenters. The van der Waals surface area contributed by atoms with E-state index >= 15 is 0 Å². The first kappa shape index (κ1) is 14.2. The molecule has 0 amide bonds. The zero-order valence-corrected chi connectivity index (χ0v) is 12.7. The van der Waals surface area contributed by atoms with Gasteiger partial charge in [-0.15, -0.1) is 11.3 Å². The van der Waals surface area contributed by atoms with Gasteiger partial charge in [0.2, 0.25) is 0 Å². The maximum absolute atomic E-state index is 14.0. The fraction of sp³-hybridized carbons (Fsp3) is 0.500. The summed E-state index contributed by atoms with van der Waals surface area (Å²) in [5.41, 5.74) is -1.84. The minimum atomic E-state index is -1.43. The number of halogens is 1. The average molecular weight is 310 g/mol. The summed E-state index contributed by atoms with van der Waals surface area (Å²) in [5.74, 6) is -0.335. The first-order chi connectivity index (χ1) is 9.75. The second-order valence-electron chi connectivity index (χ2n) is 5.99. The molecule has 1 aliphatic rings. The molecule has 1 saturated carbocycles. The summed E-state index contributed by atoms with van der Waals surface area (Å²) in [6, 6.07) is -0.412. The topological polar surface area (TPSA) is 71.9 Å². The number of alkyl halides is 1. The average Bonchev–Trinajstić information content (AvgIpc) is 3.09. The maximum atomic E-state index is 14.0. The first-order valence-corrected chi connectivity index (χ1v) is 7.49. The molecule has 0 saturated heterocycles. The number of carbonyl (C=O) groups is 1. The SMILES string of the molecule is Cc1c(C=O)sc2[nH]c(=O)n(C3CC3C(C)(C)F)c(=O)c12. The molecular formula is C14H15FN2O3S. The lowest BCUT2D eigenvalue weighted by atomic mass is 10.1. The summed E-state index contributed by atoms with van der Waals surface area (Å²) in [4.78, 5) is 39.1. The number of carbonyl (C=O) groups excluding carboxylic acids is 1. The van der Waals surface area contributed by atoms with E-state index in [0.29, 0.717) is 33.4 Å². The van der Waals surface area contributed by atoms with Gasteiger partial charge in [-0.25, -0.2) is 9.18 Å². The molecule has 1 N–H and O–H groups in total. The van der Waals surface area contributed by atoms with Gasteiger partial charge in [0.1, 0.15) is 10.5 Å². The minimum absolute atomic E-state index is 0.335. The van der Waals surface area contributed by atoms with Crippen molar-refractivity contribution in [2.75, 3.05) is 0 Å². The summed E-state index contributed by atoms with van der Waals surface area (Å²) in [7, 11) is 0. The molecule has 0 radical (unpaired) electrons. The lowest BCUT2D eigenvalue weighted by Crippen LogP contribution is -2.35. The Kier molecular flexibility index (Phi) is 2.95. The van der Waals surface area contributed by atoms with Crippen LogP contribution in [0.1, 0.15) is 41.5 Å². The van der Waals surface area contributed by atoms with Gasteiger partial charge >= 0.3 is 5.69 Å². The van der Waals surface area contributed by atoms with Crippen LogP contribution in [0.4, 0.5) is 4.39 Å². The maximum Gasteiger partial charge on any atom is 0.329 e. The van der Waals surface area contributed by atoms with E-state index in [-0.39, 0.29) is 5.92 Å². The van der Waals surface area contributed by atoms with Gasteiger partial charge in [0.05, 0.1) is 10.3 Å². The van der Waals surface area contributed by atoms with E-state index in [2.05, 4.69) is 4.98 Å². The van der Waals surface area contributed by atoms with Crippen LogP contribution in [0.2, 0.25) is 0 Å². The molecule has 2 heterocycles. The van der Waals surface area contributed by atoms with Crippen LogP contribution in [0.5, 0.6) is 0 Å². The van der Waals surface area contributed by atoms with E-state index in [1.165, 1.54) is 13.8 Å². The Balaban J connectivity index is 2.22. The Morgan fingerprint density at radius 2 is 2.10 bits per heavy atom. The van der Waals surface area contributed by atoms with Crippen LogP contribution < -0.4 is 11.2 Å². The molecule has 0 spiro atoms. The smallest absolute Gasteiger partial charge is 0.298 e. The van der Waals surface area contributed by atoms with E-state index in [1.807, 2.05) is 0 Å². The lowest BCUT2D eigenvalue weighted by molar-refractivity contribution is 0.112. The number of aromatic nitrogens is 2. The molecule has 1 aliphatic carbocycles. The number of nitrogens with zero attached hydrogens (tertiary/aromatic N) is 1. The highest BCUT2D eigenvalue weighted by Gasteiger charge is 2.50. The van der Waals surface area contributed by atoms with Gasteiger partial charge in [0, 0.05) is 12.0 Å². The molecule has 7 heteroatoms. The molecule has 5 nitrogen and oxygen atoms in total. The number of aryl methyl sites for hydroxylation is 1. The molecule has 112 valence electrons. The number of nitrogens with one attached hydrogen (secondary N) is 1. The number of aldehydes is 1. The number of rotatable bonds is 3. The Morgan fingerprint density at radius 1 is 1.43 bits per heavy atom. The van der Waals surface area contributed by atoms with Crippen molar-refractivity contribution in [2.24, 2.45) is 5.92 Å². The molecule has 2 aromatic rings. The highest BCUT2D eigenvalue weighted by Crippen LogP contribution is 2.50. The van der Waals surface area contributed by atoms with Gasteiger partial charge in [-0.1, -0.05) is 0 Å². The number of fused-ring (bicyclic) bond motifs is 1. The number of hydrogen-bond donors (Lipinski definition) is 1. The fourth-order valence-electron chi connectivity index (χ4n) is 2.86. The van der Waals surface area contributed by atoms with Gasteiger partial charge in [0.15, 0.2) is 6.29 Å². The van der Waals surface area contributed by atoms with Crippen molar-refractivity contribution in [3.05, 3.63) is 31.3 Å². The van der Waals surface area contributed by atoms with Gasteiger partial charge in [-0.05, 0) is 32.8 Å². The zero-order valence-electron chi connectivity index (χ0n) is 11.9. The fourth-order valence-corrected chi connectivity index (χ4v) is 3.87. The van der Waals surface area contributed by atoms with Crippen LogP contribution in [-0.2, 0) is 0 Å². The van der Waals surface area contributed by atoms with Crippen molar-refractivity contribution in [3.63, 3.8) is 0 Å². The highest BCUT2D eigenvalue weighted by atomic mass is 32.1. The second kappa shape index (κ2) is 4.37. The van der Waals surface area contributed by atoms with Crippen LogP contribution >= 0.6 is 11.3 Å². The van der Waals surface area contributed by atoms with Crippen LogP contribution in [-0.4, -0.2) is 21.5 Å². The van der Waals surface area contributed by atoms with Gasteiger partial charge in [0.25, 0.3) is 5.56 Å². The second-order valence-corrected chi connectivity index (χ2v) is 7.04. The van der Waals surface area contributed by atoms with Gasteiger partial charge in [-0.2, -0.15) is 0 Å². The van der Waals surface area contributed by atoms with Crippen LogP contribution in [0, 0.1) is 12.8 Å². The normalized spacial score (nSPS) is 21.7. The minimum Gasteiger partial charge on any atom is -0.298 e. The molecular weight excluding hydrogens is 295 g/mol. The number of thiophene rings is 1. The quantitative estimate of drug-likeness (QED) is 0.883. The number of H-pyrrole nitrogens is 1. The van der Waals surface area contributed by atoms with Crippen molar-refractivity contribution < 1.29 is 9.18 Å². The number of hydrogen-bond acceptors (Lipinski definition) is 4. The number of aromatic amines is 1. The first-order valence-electron chi connectivity index (χ1n) is 6.67. The zero-order chi connectivity index (χ0) is 15.5. The molecule has 2 atom stereocenters. The van der Waals surface area contributed by atoms with Crippen molar-refractivity contribution in [1.29, 1.82) is 0 Å². The van der Waals surface area contributed by atoms with E-state index in [1.54, 1.807) is 6.92 Å². The van der Waals surface area contributed by atoms with Crippen LogP contribution in [0.3, 0.4) is 0 Å². The van der Waals surface area contributed by atoms with E-state index < -0.39 is 23.0 Å². The molecule has 1 fully saturated rings. The third kappa shape index (κ3) is 2.07. The molecule has 0 aliphatic heterocycles. The Morgan fingerprint density at radius 3 is 2.62 bits per heavy atom. The standard InChI is InChI=1S/C14H15FN2O3S/c1-6-9(5-18)21-11-10(6)12(19)17(13(20)16-11)8-4-7(8)14(2,3)15/h5,7-8H,4H2,1-3H3,(H,16,20). The van der Waals surface area contributed by atoms with Crippen molar-refractivity contribution >= 4 is 27.8 Å². The van der Waals surface area contributed by atoms with E-state index in [4.69, 9.17) is 0 Å². The summed E-state index contributed by atoms with van der Waals surface area (Å²) in [6.07, 6.45) is 1.15. The predicted octanol–water partition coefficient (Wildman–Crippen LogP) is 2.18. The largest absolute Gasteiger partial charge is 0.329 e. The molecule has 0 bridgehead atoms. The highest BCUT2D eigenvalue weighted by molar-refractivity contribution is 7.20. The van der Waals surface area contributed by atoms with Crippen molar-refractivity contribution in [3.8, 4) is 0 Å². The molecule has 2 aromatic heterocycles. The molecule has 0 aromatic carbocycles. The predicted molar refractivity (Wildman–Crippen MR) is 79.2 cm³/mol. The van der Waals surface area contributed by atoms with Crippen molar-refractivity contribution in [2.45, 2.75) is 38.9 Å². The monoisotopic (exact) mass is 310 g/mol. The summed E-state index contributed by atoms with van der Waals surface area (Å²) >= 11 is 1.09.